The molecule has 1 heterocycles. The zero-order valence-corrected chi connectivity index (χ0v) is 15.5. The molecule has 1 aromatic heterocycles. The third-order valence-corrected chi connectivity index (χ3v) is 5.49. The van der Waals surface area contributed by atoms with Crippen molar-refractivity contribution >= 4 is 52.1 Å². The molecule has 3 rings (SSSR count). The van der Waals surface area contributed by atoms with E-state index >= 15 is 0 Å². The van der Waals surface area contributed by atoms with E-state index in [0.29, 0.717) is 26.9 Å². The molecule has 1 amide bonds. The third-order valence-electron chi connectivity index (χ3n) is 3.37. The molecule has 0 aliphatic rings. The first-order chi connectivity index (χ1) is 12.1. The average molecular weight is 388 g/mol. The van der Waals surface area contributed by atoms with E-state index in [-0.39, 0.29) is 11.7 Å². The number of nitrogens with one attached hydrogen (secondary N) is 1. The summed E-state index contributed by atoms with van der Waals surface area (Å²) in [5.74, 6) is 0.230. The number of anilines is 1. The average Bonchev–Trinajstić information content (AvgIpc) is 3.15. The number of hydrogen-bond donors (Lipinski definition) is 1. The second kappa shape index (κ2) is 8.34. The van der Waals surface area contributed by atoms with Crippen LogP contribution in [0.3, 0.4) is 0 Å². The van der Waals surface area contributed by atoms with Crippen LogP contribution in [0.1, 0.15) is 20.0 Å². The molecule has 0 unspecified atom stereocenters. The van der Waals surface area contributed by atoms with E-state index in [9.17, 15) is 9.59 Å². The van der Waals surface area contributed by atoms with Crippen molar-refractivity contribution in [3.63, 3.8) is 0 Å². The standard InChI is InChI=1S/C19H14ClNO2S2/c20-14-8-6-13(7-9-14)17(22)12-25-16-4-1-3-15(11-16)21-19(23)18-5-2-10-24-18/h1-11H,12H2,(H,21,23). The lowest BCUT2D eigenvalue weighted by atomic mass is 10.1. The van der Waals surface area contributed by atoms with Gasteiger partial charge in [0, 0.05) is 21.2 Å². The summed E-state index contributed by atoms with van der Waals surface area (Å²) in [6.07, 6.45) is 0. The van der Waals surface area contributed by atoms with Gasteiger partial charge in [-0.3, -0.25) is 9.59 Å². The molecule has 0 aliphatic carbocycles. The molecule has 0 saturated heterocycles. The van der Waals surface area contributed by atoms with Gasteiger partial charge in [-0.2, -0.15) is 0 Å². The summed E-state index contributed by atoms with van der Waals surface area (Å²) in [4.78, 5) is 25.9. The maximum atomic E-state index is 12.2. The molecule has 1 N–H and O–H groups in total. The SMILES string of the molecule is O=C(CSc1cccc(NC(=O)c2cccs2)c1)c1ccc(Cl)cc1. The Morgan fingerprint density at radius 1 is 1.04 bits per heavy atom. The van der Waals surface area contributed by atoms with Gasteiger partial charge in [-0.1, -0.05) is 23.7 Å². The second-order valence-corrected chi connectivity index (χ2v) is 7.61. The van der Waals surface area contributed by atoms with Gasteiger partial charge in [0.05, 0.1) is 10.6 Å². The van der Waals surface area contributed by atoms with Crippen molar-refractivity contribution in [3.05, 3.63) is 81.5 Å². The molecule has 0 fully saturated rings. The van der Waals surface area contributed by atoms with Crippen molar-refractivity contribution in [2.75, 3.05) is 11.1 Å². The zero-order chi connectivity index (χ0) is 17.6. The van der Waals surface area contributed by atoms with E-state index in [2.05, 4.69) is 5.32 Å². The summed E-state index contributed by atoms with van der Waals surface area (Å²) in [5.41, 5.74) is 1.35. The first kappa shape index (κ1) is 17.7. The summed E-state index contributed by atoms with van der Waals surface area (Å²) < 4.78 is 0. The number of amides is 1. The largest absolute Gasteiger partial charge is 0.321 e. The quantitative estimate of drug-likeness (QED) is 0.440. The molecule has 0 aliphatic heterocycles. The second-order valence-electron chi connectivity index (χ2n) is 5.18. The minimum Gasteiger partial charge on any atom is -0.321 e. The Kier molecular flexibility index (Phi) is 5.91. The lowest BCUT2D eigenvalue weighted by Gasteiger charge is -2.06. The molecule has 0 atom stereocenters. The number of ketones is 1. The summed E-state index contributed by atoms with van der Waals surface area (Å²) in [7, 11) is 0. The number of Topliss-reactive ketones (excluding diaryl/α,β-unsaturated/α-hetero) is 1. The predicted octanol–water partition coefficient (Wildman–Crippen LogP) is 5.63. The number of thioether (sulfide) groups is 1. The van der Waals surface area contributed by atoms with Crippen LogP contribution in [0.4, 0.5) is 5.69 Å². The minimum absolute atomic E-state index is 0.0368. The van der Waals surface area contributed by atoms with E-state index in [1.807, 2.05) is 35.7 Å². The summed E-state index contributed by atoms with van der Waals surface area (Å²) in [6.45, 7) is 0. The highest BCUT2D eigenvalue weighted by atomic mass is 35.5. The van der Waals surface area contributed by atoms with Crippen LogP contribution in [0, 0.1) is 0 Å². The van der Waals surface area contributed by atoms with E-state index < -0.39 is 0 Å². The fraction of sp³-hybridized carbons (Fsp3) is 0.0526. The van der Waals surface area contributed by atoms with E-state index in [1.54, 1.807) is 30.3 Å². The Bertz CT molecular complexity index is 877. The lowest BCUT2D eigenvalue weighted by Crippen LogP contribution is -2.10. The van der Waals surface area contributed by atoms with E-state index in [0.717, 1.165) is 4.90 Å². The van der Waals surface area contributed by atoms with Gasteiger partial charge in [0.25, 0.3) is 5.91 Å². The van der Waals surface area contributed by atoms with Crippen molar-refractivity contribution in [2.45, 2.75) is 4.90 Å². The number of halogens is 1. The number of benzene rings is 2. The number of rotatable bonds is 6. The van der Waals surface area contributed by atoms with Crippen LogP contribution >= 0.6 is 34.7 Å². The van der Waals surface area contributed by atoms with Gasteiger partial charge in [-0.05, 0) is 53.9 Å². The molecule has 2 aromatic carbocycles. The van der Waals surface area contributed by atoms with Crippen LogP contribution in [0.25, 0.3) is 0 Å². The molecule has 0 spiro atoms. The molecule has 6 heteroatoms. The molecule has 0 bridgehead atoms. The summed E-state index contributed by atoms with van der Waals surface area (Å²) in [6, 6.07) is 18.0. The summed E-state index contributed by atoms with van der Waals surface area (Å²) >= 11 is 8.67. The Morgan fingerprint density at radius 3 is 2.56 bits per heavy atom. The Morgan fingerprint density at radius 2 is 1.84 bits per heavy atom. The first-order valence-corrected chi connectivity index (χ1v) is 9.72. The van der Waals surface area contributed by atoms with Crippen molar-refractivity contribution in [1.29, 1.82) is 0 Å². The smallest absolute Gasteiger partial charge is 0.265 e. The van der Waals surface area contributed by atoms with Gasteiger partial charge in [0.2, 0.25) is 0 Å². The topological polar surface area (TPSA) is 46.2 Å². The summed E-state index contributed by atoms with van der Waals surface area (Å²) in [5, 5.41) is 5.34. The number of thiophene rings is 1. The van der Waals surface area contributed by atoms with Gasteiger partial charge in [-0.15, -0.1) is 23.1 Å². The third kappa shape index (κ3) is 4.95. The Hall–Kier alpha value is -2.08. The van der Waals surface area contributed by atoms with Crippen LogP contribution in [0.15, 0.2) is 70.9 Å². The number of carbonyl (C=O) groups is 2. The van der Waals surface area contributed by atoms with Gasteiger partial charge in [0.15, 0.2) is 5.78 Å². The fourth-order valence-electron chi connectivity index (χ4n) is 2.13. The maximum Gasteiger partial charge on any atom is 0.265 e. The molecule has 126 valence electrons. The molecule has 0 saturated carbocycles. The molecule has 3 nitrogen and oxygen atoms in total. The number of hydrogen-bond acceptors (Lipinski definition) is 4. The molecule has 0 radical (unpaired) electrons. The highest BCUT2D eigenvalue weighted by Gasteiger charge is 2.09. The van der Waals surface area contributed by atoms with Gasteiger partial charge >= 0.3 is 0 Å². The van der Waals surface area contributed by atoms with E-state index in [1.165, 1.54) is 23.1 Å². The van der Waals surface area contributed by atoms with Crippen LogP contribution in [-0.4, -0.2) is 17.4 Å². The zero-order valence-electron chi connectivity index (χ0n) is 13.1. The number of carbonyl (C=O) groups excluding carboxylic acids is 2. The van der Waals surface area contributed by atoms with Crippen LogP contribution in [0.2, 0.25) is 5.02 Å². The van der Waals surface area contributed by atoms with Crippen molar-refractivity contribution < 1.29 is 9.59 Å². The lowest BCUT2D eigenvalue weighted by molar-refractivity contribution is 0.101. The monoisotopic (exact) mass is 387 g/mol. The normalized spacial score (nSPS) is 10.4. The van der Waals surface area contributed by atoms with Crippen molar-refractivity contribution in [3.8, 4) is 0 Å². The Labute approximate surface area is 159 Å². The van der Waals surface area contributed by atoms with Crippen LogP contribution in [0.5, 0.6) is 0 Å². The minimum atomic E-state index is -0.130. The molecular weight excluding hydrogens is 374 g/mol. The molecular formula is C19H14ClNO2S2. The Balaban J connectivity index is 1.60. The first-order valence-electron chi connectivity index (χ1n) is 7.48. The molecule has 25 heavy (non-hydrogen) atoms. The highest BCUT2D eigenvalue weighted by Crippen LogP contribution is 2.23. The highest BCUT2D eigenvalue weighted by molar-refractivity contribution is 8.00. The van der Waals surface area contributed by atoms with Gasteiger partial charge in [-0.25, -0.2) is 0 Å². The van der Waals surface area contributed by atoms with Crippen molar-refractivity contribution in [1.82, 2.24) is 0 Å². The van der Waals surface area contributed by atoms with Crippen molar-refractivity contribution in [2.24, 2.45) is 0 Å². The van der Waals surface area contributed by atoms with E-state index in [4.69, 9.17) is 11.6 Å². The van der Waals surface area contributed by atoms with Crippen LogP contribution in [-0.2, 0) is 0 Å². The van der Waals surface area contributed by atoms with Gasteiger partial charge < -0.3 is 5.32 Å². The fourth-order valence-corrected chi connectivity index (χ4v) is 3.73. The maximum absolute atomic E-state index is 12.2. The predicted molar refractivity (Wildman–Crippen MR) is 105 cm³/mol. The molecule has 3 aromatic rings. The van der Waals surface area contributed by atoms with Gasteiger partial charge in [0.1, 0.15) is 0 Å². The van der Waals surface area contributed by atoms with Crippen LogP contribution < -0.4 is 5.32 Å².